The van der Waals surface area contributed by atoms with Crippen LogP contribution in [-0.4, -0.2) is 50.4 Å². The normalized spacial score (nSPS) is 12.0. The molecule has 0 aromatic heterocycles. The van der Waals surface area contributed by atoms with Gasteiger partial charge in [-0.2, -0.15) is 0 Å². The van der Waals surface area contributed by atoms with Gasteiger partial charge in [0.2, 0.25) is 11.8 Å². The van der Waals surface area contributed by atoms with Crippen molar-refractivity contribution < 1.29 is 27.5 Å². The number of carbonyl (C=O) groups is 2. The Morgan fingerprint density at radius 3 is 1.86 bits per heavy atom. The second kappa shape index (κ2) is 16.4. The topological polar surface area (TPSA) is 105 Å². The monoisotopic (exact) mass is 705 g/mol. The number of hydrogen-bond acceptors (Lipinski definition) is 6. The van der Waals surface area contributed by atoms with Crippen LogP contribution in [0.4, 0.5) is 5.69 Å². The molecule has 9 nitrogen and oxygen atoms in total. The quantitative estimate of drug-likeness (QED) is 0.131. The van der Waals surface area contributed by atoms with Gasteiger partial charge in [0.05, 0.1) is 17.7 Å². The lowest BCUT2D eigenvalue weighted by Crippen LogP contribution is -2.56. The third-order valence-corrected chi connectivity index (χ3v) is 9.76. The number of carbonyl (C=O) groups excluding carboxylic acids is 2. The predicted octanol–water partition coefficient (Wildman–Crippen LogP) is 7.24. The summed E-state index contributed by atoms with van der Waals surface area (Å²) in [4.78, 5) is 30.3. The van der Waals surface area contributed by atoms with Crippen LogP contribution in [0, 0.1) is 0 Å². The standard InChI is InChI=1S/C41H43N3O6S/c1-41(2,3)42-40(46)38(28-31-15-8-5-9-16-31)43(29-32-17-14-20-36(27-32)49-4)39(45)30-44(51(47,48)37-21-12-7-13-22-37)33-23-25-35(26-24-33)50-34-18-10-6-11-19-34/h5-27,38H,28-30H2,1-4H3,(H,42,46)/t38-/m1/s1. The molecule has 2 amide bonds. The lowest BCUT2D eigenvalue weighted by atomic mass is 10.0. The number of benzene rings is 5. The summed E-state index contributed by atoms with van der Waals surface area (Å²) in [5.41, 5.74) is 1.22. The summed E-state index contributed by atoms with van der Waals surface area (Å²) in [6, 6.07) is 39.4. The van der Waals surface area contributed by atoms with Gasteiger partial charge in [0, 0.05) is 18.5 Å². The number of ether oxygens (including phenoxy) is 2. The Morgan fingerprint density at radius 2 is 1.25 bits per heavy atom. The van der Waals surface area contributed by atoms with Gasteiger partial charge in [-0.25, -0.2) is 8.42 Å². The molecule has 0 spiro atoms. The minimum absolute atomic E-state index is 0.0214. The van der Waals surface area contributed by atoms with Crippen molar-refractivity contribution in [1.82, 2.24) is 10.2 Å². The molecule has 1 atom stereocenters. The molecule has 0 aliphatic carbocycles. The molecule has 0 aliphatic heterocycles. The highest BCUT2D eigenvalue weighted by molar-refractivity contribution is 7.92. The van der Waals surface area contributed by atoms with E-state index in [1.165, 1.54) is 17.0 Å². The summed E-state index contributed by atoms with van der Waals surface area (Å²) in [5, 5.41) is 3.05. The third kappa shape index (κ3) is 9.98. The average molecular weight is 706 g/mol. The van der Waals surface area contributed by atoms with Gasteiger partial charge >= 0.3 is 0 Å². The molecule has 1 N–H and O–H groups in total. The van der Waals surface area contributed by atoms with E-state index < -0.39 is 34.1 Å². The van der Waals surface area contributed by atoms with Crippen molar-refractivity contribution in [3.8, 4) is 17.2 Å². The van der Waals surface area contributed by atoms with E-state index in [0.29, 0.717) is 22.8 Å². The largest absolute Gasteiger partial charge is 0.497 e. The van der Waals surface area contributed by atoms with E-state index in [0.717, 1.165) is 9.87 Å². The fourth-order valence-corrected chi connectivity index (χ4v) is 6.96. The highest BCUT2D eigenvalue weighted by Gasteiger charge is 2.35. The van der Waals surface area contributed by atoms with Crippen LogP contribution in [0.25, 0.3) is 0 Å². The van der Waals surface area contributed by atoms with Crippen molar-refractivity contribution in [2.24, 2.45) is 0 Å². The molecule has 51 heavy (non-hydrogen) atoms. The van der Waals surface area contributed by atoms with Crippen molar-refractivity contribution in [3.63, 3.8) is 0 Å². The summed E-state index contributed by atoms with van der Waals surface area (Å²) >= 11 is 0. The fraction of sp³-hybridized carbons (Fsp3) is 0.220. The van der Waals surface area contributed by atoms with Gasteiger partial charge in [0.25, 0.3) is 10.0 Å². The van der Waals surface area contributed by atoms with Crippen molar-refractivity contribution >= 4 is 27.5 Å². The number of sulfonamides is 1. The number of hydrogen-bond donors (Lipinski definition) is 1. The van der Waals surface area contributed by atoms with Crippen LogP contribution in [0.2, 0.25) is 0 Å². The minimum Gasteiger partial charge on any atom is -0.497 e. The molecule has 10 heteroatoms. The van der Waals surface area contributed by atoms with Crippen LogP contribution in [0.15, 0.2) is 144 Å². The molecule has 0 fully saturated rings. The van der Waals surface area contributed by atoms with E-state index in [9.17, 15) is 18.0 Å². The van der Waals surface area contributed by atoms with E-state index in [1.807, 2.05) is 93.6 Å². The highest BCUT2D eigenvalue weighted by atomic mass is 32.2. The Morgan fingerprint density at radius 1 is 0.706 bits per heavy atom. The second-order valence-corrected chi connectivity index (χ2v) is 14.9. The molecule has 5 aromatic carbocycles. The lowest BCUT2D eigenvalue weighted by molar-refractivity contribution is -0.140. The van der Waals surface area contributed by atoms with Gasteiger partial charge in [0.15, 0.2) is 0 Å². The van der Waals surface area contributed by atoms with Crippen molar-refractivity contribution in [2.45, 2.75) is 50.2 Å². The zero-order chi connectivity index (χ0) is 36.4. The van der Waals surface area contributed by atoms with Crippen molar-refractivity contribution in [2.75, 3.05) is 18.0 Å². The molecule has 0 heterocycles. The van der Waals surface area contributed by atoms with E-state index in [-0.39, 0.29) is 29.5 Å². The smallest absolute Gasteiger partial charge is 0.264 e. The van der Waals surface area contributed by atoms with E-state index in [2.05, 4.69) is 5.32 Å². The van der Waals surface area contributed by atoms with E-state index >= 15 is 0 Å². The molecular weight excluding hydrogens is 663 g/mol. The summed E-state index contributed by atoms with van der Waals surface area (Å²) < 4.78 is 41.1. The average Bonchev–Trinajstić information content (AvgIpc) is 3.13. The van der Waals surface area contributed by atoms with Gasteiger partial charge in [-0.05, 0) is 92.6 Å². The zero-order valence-electron chi connectivity index (χ0n) is 29.2. The molecule has 5 aromatic rings. The number of para-hydroxylation sites is 1. The van der Waals surface area contributed by atoms with Gasteiger partial charge in [-0.15, -0.1) is 0 Å². The number of nitrogens with one attached hydrogen (secondary N) is 1. The first-order chi connectivity index (χ1) is 24.4. The molecule has 0 saturated carbocycles. The van der Waals surface area contributed by atoms with Crippen LogP contribution in [0.5, 0.6) is 17.2 Å². The maximum absolute atomic E-state index is 14.8. The Kier molecular flexibility index (Phi) is 11.8. The summed E-state index contributed by atoms with van der Waals surface area (Å²) in [6.07, 6.45) is 0.204. The number of methoxy groups -OCH3 is 1. The lowest BCUT2D eigenvalue weighted by Gasteiger charge is -2.35. The summed E-state index contributed by atoms with van der Waals surface area (Å²) in [6.45, 7) is 5.07. The van der Waals surface area contributed by atoms with Crippen LogP contribution in [0.3, 0.4) is 0 Å². The summed E-state index contributed by atoms with van der Waals surface area (Å²) in [7, 11) is -2.69. The Hall–Kier alpha value is -5.61. The summed E-state index contributed by atoms with van der Waals surface area (Å²) in [5.74, 6) is 0.786. The molecule has 0 radical (unpaired) electrons. The minimum atomic E-state index is -4.25. The molecule has 0 saturated heterocycles. The van der Waals surface area contributed by atoms with E-state index in [4.69, 9.17) is 9.47 Å². The Balaban J connectivity index is 1.57. The van der Waals surface area contributed by atoms with Crippen molar-refractivity contribution in [1.29, 1.82) is 0 Å². The SMILES string of the molecule is COc1cccc(CN(C(=O)CN(c2ccc(Oc3ccccc3)cc2)S(=O)(=O)c2ccccc2)[C@H](Cc2ccccc2)C(=O)NC(C)(C)C)c1. The van der Waals surface area contributed by atoms with Crippen LogP contribution < -0.4 is 19.1 Å². The second-order valence-electron chi connectivity index (χ2n) is 13.1. The maximum Gasteiger partial charge on any atom is 0.264 e. The molecule has 264 valence electrons. The van der Waals surface area contributed by atoms with Gasteiger partial charge in [-0.3, -0.25) is 13.9 Å². The molecule has 0 unspecified atom stereocenters. The molecular formula is C41H43N3O6S. The molecule has 0 bridgehead atoms. The van der Waals surface area contributed by atoms with Gasteiger partial charge < -0.3 is 19.7 Å². The Labute approximate surface area is 300 Å². The van der Waals surface area contributed by atoms with Crippen molar-refractivity contribution in [3.05, 3.63) is 151 Å². The number of amides is 2. The highest BCUT2D eigenvalue weighted by Crippen LogP contribution is 2.29. The number of nitrogens with zero attached hydrogens (tertiary/aromatic N) is 2. The van der Waals surface area contributed by atoms with Crippen LogP contribution >= 0.6 is 0 Å². The van der Waals surface area contributed by atoms with Gasteiger partial charge in [0.1, 0.15) is 29.8 Å². The number of anilines is 1. The first-order valence-electron chi connectivity index (χ1n) is 16.6. The third-order valence-electron chi connectivity index (χ3n) is 7.97. The van der Waals surface area contributed by atoms with E-state index in [1.54, 1.807) is 61.7 Å². The maximum atomic E-state index is 14.8. The van der Waals surface area contributed by atoms with Gasteiger partial charge in [-0.1, -0.05) is 78.9 Å². The number of rotatable bonds is 14. The Bertz CT molecular complexity index is 2000. The first kappa shape index (κ1) is 36.7. The first-order valence-corrected chi connectivity index (χ1v) is 18.1. The molecule has 5 rings (SSSR count). The van der Waals surface area contributed by atoms with Crippen LogP contribution in [0.1, 0.15) is 31.9 Å². The molecule has 0 aliphatic rings. The van der Waals surface area contributed by atoms with Crippen LogP contribution in [-0.2, 0) is 32.6 Å². The predicted molar refractivity (Wildman–Crippen MR) is 199 cm³/mol. The zero-order valence-corrected chi connectivity index (χ0v) is 30.0. The fourth-order valence-electron chi connectivity index (χ4n) is 5.53.